The third-order valence-electron chi connectivity index (χ3n) is 4.47. The van der Waals surface area contributed by atoms with Crippen molar-refractivity contribution >= 4 is 27.1 Å². The van der Waals surface area contributed by atoms with E-state index in [-0.39, 0.29) is 23.9 Å². The van der Waals surface area contributed by atoms with Crippen molar-refractivity contribution in [3.05, 3.63) is 65.7 Å². The maximum atomic E-state index is 12.9. The van der Waals surface area contributed by atoms with Crippen molar-refractivity contribution < 1.29 is 26.3 Å². The van der Waals surface area contributed by atoms with Gasteiger partial charge in [-0.05, 0) is 48.9 Å². The minimum Gasteiger partial charge on any atom is -0.457 e. The Morgan fingerprint density at radius 1 is 1.07 bits per heavy atom. The number of halogens is 3. The summed E-state index contributed by atoms with van der Waals surface area (Å²) in [6.07, 6.45) is -2.72. The molecular weight excluding hydrogens is 419 g/mol. The molecule has 0 amide bonds. The fourth-order valence-corrected chi connectivity index (χ4v) is 4.05. The molecule has 2 heterocycles. The molecule has 30 heavy (non-hydrogen) atoms. The summed E-state index contributed by atoms with van der Waals surface area (Å²) >= 11 is 0. The van der Waals surface area contributed by atoms with Crippen molar-refractivity contribution in [2.24, 2.45) is 9.50 Å². The molecule has 2 aromatic carbocycles. The number of benzene rings is 2. The predicted molar refractivity (Wildman–Crippen MR) is 107 cm³/mol. The van der Waals surface area contributed by atoms with Crippen molar-refractivity contribution in [3.8, 4) is 11.5 Å². The van der Waals surface area contributed by atoms with E-state index in [1.807, 2.05) is 0 Å². The number of allylic oxidation sites excluding steroid dienone is 1. The molecule has 156 valence electrons. The number of alkyl halides is 3. The summed E-state index contributed by atoms with van der Waals surface area (Å²) in [5.74, 6) is 0.546. The van der Waals surface area contributed by atoms with Crippen LogP contribution in [-0.2, 0) is 16.2 Å². The second-order valence-electron chi connectivity index (χ2n) is 6.78. The molecule has 0 N–H and O–H groups in total. The largest absolute Gasteiger partial charge is 0.457 e. The van der Waals surface area contributed by atoms with Crippen LogP contribution in [0, 0.1) is 0 Å². The van der Waals surface area contributed by atoms with E-state index in [1.54, 1.807) is 42.3 Å². The van der Waals surface area contributed by atoms with Crippen LogP contribution < -0.4 is 4.74 Å². The van der Waals surface area contributed by atoms with E-state index < -0.39 is 21.8 Å². The lowest BCUT2D eigenvalue weighted by Gasteiger charge is -2.29. The lowest BCUT2D eigenvalue weighted by molar-refractivity contribution is -0.137. The zero-order chi connectivity index (χ0) is 21.5. The number of fused-ring (bicyclic) bond motifs is 1. The van der Waals surface area contributed by atoms with Crippen LogP contribution in [0.4, 0.5) is 13.2 Å². The third-order valence-corrected chi connectivity index (χ3v) is 5.62. The maximum Gasteiger partial charge on any atom is 0.416 e. The van der Waals surface area contributed by atoms with Crippen LogP contribution in [0.2, 0.25) is 0 Å². The third kappa shape index (κ3) is 4.23. The van der Waals surface area contributed by atoms with E-state index in [4.69, 9.17) is 4.74 Å². The van der Waals surface area contributed by atoms with Crippen molar-refractivity contribution in [1.29, 1.82) is 0 Å². The van der Waals surface area contributed by atoms with Gasteiger partial charge in [0.05, 0.1) is 23.6 Å². The van der Waals surface area contributed by atoms with Gasteiger partial charge >= 0.3 is 6.18 Å². The molecule has 2 aliphatic rings. The van der Waals surface area contributed by atoms with E-state index in [1.165, 1.54) is 12.1 Å². The average molecular weight is 435 g/mol. The molecule has 0 radical (unpaired) electrons. The van der Waals surface area contributed by atoms with Crippen LogP contribution in [0.25, 0.3) is 5.57 Å². The van der Waals surface area contributed by atoms with E-state index >= 15 is 0 Å². The first kappa shape index (κ1) is 20.1. The standard InChI is InChI=1S/C20H16F3N3O3S/c1-13-11-18(19-25-30(27,28)10-9-26(19)24-13)14-5-7-16(8-6-14)29-17-4-2-3-15(12-17)20(21,22)23/h2-8,11-12H,9-10H2,1H3. The lowest BCUT2D eigenvalue weighted by atomic mass is 10.0. The summed E-state index contributed by atoms with van der Waals surface area (Å²) in [4.78, 5) is 0. The Hall–Kier alpha value is -3.14. The van der Waals surface area contributed by atoms with Crippen LogP contribution >= 0.6 is 0 Å². The van der Waals surface area contributed by atoms with E-state index in [2.05, 4.69) is 9.50 Å². The Labute approximate surface area is 171 Å². The van der Waals surface area contributed by atoms with Gasteiger partial charge in [-0.3, -0.25) is 0 Å². The minimum absolute atomic E-state index is 0.0614. The smallest absolute Gasteiger partial charge is 0.416 e. The monoisotopic (exact) mass is 435 g/mol. The van der Waals surface area contributed by atoms with Crippen LogP contribution in [0.5, 0.6) is 11.5 Å². The summed E-state index contributed by atoms with van der Waals surface area (Å²) in [6.45, 7) is 2.01. The van der Waals surface area contributed by atoms with Crippen LogP contribution in [0.1, 0.15) is 18.1 Å². The zero-order valence-corrected chi connectivity index (χ0v) is 16.5. The summed E-state index contributed by atoms with van der Waals surface area (Å²) in [5.41, 5.74) is 1.18. The van der Waals surface area contributed by atoms with Crippen molar-refractivity contribution in [2.45, 2.75) is 13.1 Å². The normalized spacial score (nSPS) is 18.1. The number of amidine groups is 1. The van der Waals surface area contributed by atoms with Crippen molar-refractivity contribution in [2.75, 3.05) is 12.3 Å². The van der Waals surface area contributed by atoms with Crippen molar-refractivity contribution in [3.63, 3.8) is 0 Å². The average Bonchev–Trinajstić information content (AvgIpc) is 2.68. The zero-order valence-electron chi connectivity index (χ0n) is 15.7. The molecule has 0 aliphatic carbocycles. The number of rotatable bonds is 3. The fourth-order valence-electron chi connectivity index (χ4n) is 3.10. The van der Waals surface area contributed by atoms with Gasteiger partial charge in [0, 0.05) is 5.57 Å². The van der Waals surface area contributed by atoms with Gasteiger partial charge in [0.1, 0.15) is 11.5 Å². The summed E-state index contributed by atoms with van der Waals surface area (Å²) < 4.78 is 71.8. The first-order valence-corrected chi connectivity index (χ1v) is 10.5. The van der Waals surface area contributed by atoms with Crippen LogP contribution in [0.3, 0.4) is 0 Å². The van der Waals surface area contributed by atoms with E-state index in [0.717, 1.165) is 12.1 Å². The minimum atomic E-state index is -4.46. The van der Waals surface area contributed by atoms with Gasteiger partial charge in [0.2, 0.25) is 0 Å². The number of hydrogen-bond donors (Lipinski definition) is 0. The summed E-state index contributed by atoms with van der Waals surface area (Å²) in [7, 11) is -3.56. The van der Waals surface area contributed by atoms with Gasteiger partial charge in [-0.15, -0.1) is 4.40 Å². The first-order valence-electron chi connectivity index (χ1n) is 8.94. The Morgan fingerprint density at radius 2 is 1.80 bits per heavy atom. The number of ether oxygens (including phenoxy) is 1. The van der Waals surface area contributed by atoms with Gasteiger partial charge < -0.3 is 4.74 Å². The van der Waals surface area contributed by atoms with E-state index in [9.17, 15) is 21.6 Å². The topological polar surface area (TPSA) is 71.3 Å². The molecule has 0 fully saturated rings. The molecule has 4 rings (SSSR count). The number of nitrogens with zero attached hydrogens (tertiary/aromatic N) is 3. The number of hydrazone groups is 1. The van der Waals surface area contributed by atoms with Crippen LogP contribution in [-0.4, -0.2) is 37.3 Å². The van der Waals surface area contributed by atoms with E-state index in [0.29, 0.717) is 22.6 Å². The quantitative estimate of drug-likeness (QED) is 0.720. The highest BCUT2D eigenvalue weighted by Crippen LogP contribution is 2.33. The van der Waals surface area contributed by atoms with Gasteiger partial charge in [0.15, 0.2) is 5.84 Å². The van der Waals surface area contributed by atoms with Crippen LogP contribution in [0.15, 0.2) is 64.1 Å². The molecule has 10 heteroatoms. The summed E-state index contributed by atoms with van der Waals surface area (Å²) in [5, 5.41) is 5.86. The summed E-state index contributed by atoms with van der Waals surface area (Å²) in [6, 6.07) is 11.2. The molecule has 0 unspecified atom stereocenters. The van der Waals surface area contributed by atoms with Gasteiger partial charge in [-0.2, -0.15) is 18.3 Å². The molecule has 0 bridgehead atoms. The van der Waals surface area contributed by atoms with Gasteiger partial charge in [0.25, 0.3) is 10.0 Å². The Bertz CT molecular complexity index is 1180. The molecule has 6 nitrogen and oxygen atoms in total. The molecule has 0 atom stereocenters. The number of hydrogen-bond acceptors (Lipinski definition) is 5. The maximum absolute atomic E-state index is 12.9. The lowest BCUT2D eigenvalue weighted by Crippen LogP contribution is -2.39. The predicted octanol–water partition coefficient (Wildman–Crippen LogP) is 4.31. The van der Waals surface area contributed by atoms with Gasteiger partial charge in [-0.1, -0.05) is 18.2 Å². The Kier molecular flexibility index (Phi) is 4.89. The second-order valence-corrected chi connectivity index (χ2v) is 8.53. The Balaban J connectivity index is 1.61. The highest BCUT2D eigenvalue weighted by Gasteiger charge is 2.31. The first-order chi connectivity index (χ1) is 14.1. The highest BCUT2D eigenvalue weighted by atomic mass is 32.2. The molecule has 0 saturated heterocycles. The molecule has 2 aliphatic heterocycles. The Morgan fingerprint density at radius 3 is 2.50 bits per heavy atom. The van der Waals surface area contributed by atoms with Gasteiger partial charge in [-0.25, -0.2) is 13.4 Å². The molecular formula is C20H16F3N3O3S. The number of sulfonamides is 1. The molecule has 0 saturated carbocycles. The second kappa shape index (κ2) is 7.28. The molecule has 2 aromatic rings. The molecule has 0 spiro atoms. The molecule has 0 aromatic heterocycles. The highest BCUT2D eigenvalue weighted by molar-refractivity contribution is 7.90. The SMILES string of the molecule is CC1=NN2CCS(=O)(=O)N=C2C(c2ccc(Oc3cccc(C(F)(F)F)c3)cc2)=C1. The van der Waals surface area contributed by atoms with Crippen molar-refractivity contribution in [1.82, 2.24) is 5.01 Å². The fraction of sp³-hybridized carbons (Fsp3) is 0.200.